The summed E-state index contributed by atoms with van der Waals surface area (Å²) < 4.78 is 50.7. The van der Waals surface area contributed by atoms with Crippen molar-refractivity contribution in [2.24, 2.45) is 10.8 Å². The molecule has 2 aromatic heterocycles. The fourth-order valence-electron chi connectivity index (χ4n) is 14.0. The van der Waals surface area contributed by atoms with Gasteiger partial charge in [-0.1, -0.05) is 195 Å². The SMILES string of the molecule is CC(C)(C)CC(C)(C)c1cc(-c2cc(F)ccc2OCCOc2c(-c3cccc(F)c3)cc(-n3c4ccc(C(C)(C)C)cc4c4cc(C(C)(C)C)ccc43)cc2C(C)(C)CC(C)(C)C)cc(-n2c3ccc(C(C)(C)C)cc3c3cc(C(C)(C)C)ccc32)c1. The van der Waals surface area contributed by atoms with Gasteiger partial charge in [0.25, 0.3) is 0 Å². The van der Waals surface area contributed by atoms with Crippen LogP contribution in [0.2, 0.25) is 0 Å². The summed E-state index contributed by atoms with van der Waals surface area (Å²) in [5.41, 5.74) is 15.8. The largest absolute Gasteiger partial charge is 0.489 e. The number of hydrogen-bond acceptors (Lipinski definition) is 2. The van der Waals surface area contributed by atoms with Gasteiger partial charge in [0.1, 0.15) is 36.3 Å². The standard InChI is InChI=1S/C82H98F2N2O2/c1-75(2,3)49-81(19,20)57-38-52(40-60(41-57)85-69-31-26-53(77(7,8)9)42-64(69)65-43-54(78(10,11)12)27-32-70(65)85)62-46-59(84)30-35-73(62)87-36-37-88-74-63(51-24-23-25-58(83)39-51)47-61(48-68(74)82(21,22)50-76(4,5)6)86-71-33-28-55(79(13,14)15)44-66(71)67-45-56(80(16,17)18)29-34-72(67)86/h23-35,38-48H,36-37,49-50H2,1-22H3. The molecule has 88 heavy (non-hydrogen) atoms. The van der Waals surface area contributed by atoms with Crippen LogP contribution in [0.1, 0.15) is 199 Å². The van der Waals surface area contributed by atoms with E-state index in [0.29, 0.717) is 17.1 Å². The zero-order chi connectivity index (χ0) is 64.2. The zero-order valence-electron chi connectivity index (χ0n) is 57.2. The molecule has 0 aliphatic heterocycles. The number of halogens is 2. The van der Waals surface area contributed by atoms with Gasteiger partial charge in [0, 0.05) is 49.6 Å². The molecule has 10 aromatic rings. The van der Waals surface area contributed by atoms with E-state index < -0.39 is 5.41 Å². The van der Waals surface area contributed by atoms with Crippen LogP contribution in [0.5, 0.6) is 11.5 Å². The summed E-state index contributed by atoms with van der Waals surface area (Å²) in [7, 11) is 0. The van der Waals surface area contributed by atoms with Crippen LogP contribution in [0.25, 0.3) is 77.2 Å². The summed E-state index contributed by atoms with van der Waals surface area (Å²) in [5.74, 6) is 0.567. The number of fused-ring (bicyclic) bond motifs is 6. The molecule has 0 saturated carbocycles. The Morgan fingerprint density at radius 3 is 1.19 bits per heavy atom. The van der Waals surface area contributed by atoms with Crippen LogP contribution < -0.4 is 9.47 Å². The van der Waals surface area contributed by atoms with Gasteiger partial charge in [-0.3, -0.25) is 0 Å². The van der Waals surface area contributed by atoms with Crippen LogP contribution in [-0.4, -0.2) is 22.3 Å². The van der Waals surface area contributed by atoms with Gasteiger partial charge in [-0.25, -0.2) is 8.78 Å². The highest BCUT2D eigenvalue weighted by Gasteiger charge is 2.34. The van der Waals surface area contributed by atoms with Gasteiger partial charge >= 0.3 is 0 Å². The third-order valence-electron chi connectivity index (χ3n) is 17.9. The Balaban J connectivity index is 1.11. The van der Waals surface area contributed by atoms with E-state index in [4.69, 9.17) is 9.47 Å². The van der Waals surface area contributed by atoms with Crippen LogP contribution in [0, 0.1) is 22.5 Å². The molecule has 8 aromatic carbocycles. The van der Waals surface area contributed by atoms with E-state index in [1.54, 1.807) is 24.3 Å². The number of aromatic nitrogens is 2. The summed E-state index contributed by atoms with van der Waals surface area (Å²) in [6, 6.07) is 50.8. The molecule has 0 fully saturated rings. The van der Waals surface area contributed by atoms with Gasteiger partial charge in [0.15, 0.2) is 0 Å². The lowest BCUT2D eigenvalue weighted by Gasteiger charge is -2.35. The highest BCUT2D eigenvalue weighted by Crippen LogP contribution is 2.49. The van der Waals surface area contributed by atoms with Crippen molar-refractivity contribution < 1.29 is 18.3 Å². The number of ether oxygens (including phenoxy) is 2. The Morgan fingerprint density at radius 1 is 0.341 bits per heavy atom. The molecule has 0 spiro atoms. The minimum absolute atomic E-state index is 0.0288. The predicted molar refractivity (Wildman–Crippen MR) is 372 cm³/mol. The minimum Gasteiger partial charge on any atom is -0.489 e. The van der Waals surface area contributed by atoms with Crippen molar-refractivity contribution >= 4 is 43.6 Å². The van der Waals surface area contributed by atoms with Crippen LogP contribution >= 0.6 is 0 Å². The average molecular weight is 1180 g/mol. The van der Waals surface area contributed by atoms with Crippen molar-refractivity contribution in [2.75, 3.05) is 13.2 Å². The fourth-order valence-corrected chi connectivity index (χ4v) is 14.0. The van der Waals surface area contributed by atoms with Crippen molar-refractivity contribution in [1.29, 1.82) is 0 Å². The first-order valence-electron chi connectivity index (χ1n) is 32.0. The first-order chi connectivity index (χ1) is 40.7. The maximum atomic E-state index is 16.1. The number of hydrogen-bond donors (Lipinski definition) is 0. The second-order valence-electron chi connectivity index (χ2n) is 33.3. The van der Waals surface area contributed by atoms with Crippen LogP contribution in [0.15, 0.2) is 146 Å². The first-order valence-corrected chi connectivity index (χ1v) is 32.0. The Morgan fingerprint density at radius 2 is 0.761 bits per heavy atom. The van der Waals surface area contributed by atoms with E-state index in [2.05, 4.69) is 265 Å². The first kappa shape index (κ1) is 63.8. The van der Waals surface area contributed by atoms with Crippen molar-refractivity contribution in [3.63, 3.8) is 0 Å². The predicted octanol–water partition coefficient (Wildman–Crippen LogP) is 23.6. The molecule has 2 heterocycles. The molecule has 0 radical (unpaired) electrons. The Hall–Kier alpha value is -7.18. The lowest BCUT2D eigenvalue weighted by molar-refractivity contribution is 0.211. The molecule has 0 bridgehead atoms. The Bertz CT molecular complexity index is 4150. The van der Waals surface area contributed by atoms with Crippen molar-refractivity contribution in [1.82, 2.24) is 9.13 Å². The molecule has 0 aliphatic carbocycles. The molecule has 10 rings (SSSR count). The van der Waals surface area contributed by atoms with Gasteiger partial charge in [-0.2, -0.15) is 0 Å². The van der Waals surface area contributed by atoms with Gasteiger partial charge in [0.05, 0.1) is 22.1 Å². The highest BCUT2D eigenvalue weighted by atomic mass is 19.1. The summed E-state index contributed by atoms with van der Waals surface area (Å²) in [6.45, 7) is 50.6. The summed E-state index contributed by atoms with van der Waals surface area (Å²) in [6.07, 6.45) is 1.76. The molecule has 0 unspecified atom stereocenters. The van der Waals surface area contributed by atoms with Crippen molar-refractivity contribution in [2.45, 2.75) is 198 Å². The molecule has 6 heteroatoms. The lowest BCUT2D eigenvalue weighted by atomic mass is 9.71. The topological polar surface area (TPSA) is 28.3 Å². The fraction of sp³-hybridized carbons (Fsp3) is 0.415. The molecule has 0 aliphatic rings. The maximum absolute atomic E-state index is 16.1. The third kappa shape index (κ3) is 13.1. The van der Waals surface area contributed by atoms with Gasteiger partial charge in [0.2, 0.25) is 0 Å². The summed E-state index contributed by atoms with van der Waals surface area (Å²) >= 11 is 0. The van der Waals surface area contributed by atoms with Gasteiger partial charge < -0.3 is 18.6 Å². The smallest absolute Gasteiger partial charge is 0.131 e. The number of benzene rings is 8. The number of rotatable bonds is 13. The van der Waals surface area contributed by atoms with Crippen molar-refractivity contribution in [3.8, 4) is 45.1 Å². The molecular weight excluding hydrogens is 1080 g/mol. The van der Waals surface area contributed by atoms with Gasteiger partial charge in [-0.05, 0) is 198 Å². The van der Waals surface area contributed by atoms with Crippen LogP contribution in [0.3, 0.4) is 0 Å². The van der Waals surface area contributed by atoms with E-state index in [-0.39, 0.29) is 62.8 Å². The molecule has 4 nitrogen and oxygen atoms in total. The monoisotopic (exact) mass is 1180 g/mol. The Labute approximate surface area is 525 Å². The number of nitrogens with zero attached hydrogens (tertiary/aromatic N) is 2. The molecule has 0 atom stereocenters. The van der Waals surface area contributed by atoms with Crippen LogP contribution in [0.4, 0.5) is 8.78 Å². The van der Waals surface area contributed by atoms with E-state index >= 15 is 8.78 Å². The third-order valence-corrected chi connectivity index (χ3v) is 17.9. The van der Waals surface area contributed by atoms with E-state index in [0.717, 1.165) is 74.1 Å². The van der Waals surface area contributed by atoms with E-state index in [1.807, 2.05) is 6.07 Å². The average Bonchev–Trinajstić information content (AvgIpc) is 1.69. The van der Waals surface area contributed by atoms with Gasteiger partial charge in [-0.15, -0.1) is 0 Å². The summed E-state index contributed by atoms with van der Waals surface area (Å²) in [5, 5.41) is 4.81. The minimum atomic E-state index is -0.419. The van der Waals surface area contributed by atoms with Crippen LogP contribution in [-0.2, 0) is 32.5 Å². The quantitative estimate of drug-likeness (QED) is 0.108. The zero-order valence-corrected chi connectivity index (χ0v) is 57.2. The molecule has 0 amide bonds. The molecule has 462 valence electrons. The van der Waals surface area contributed by atoms with E-state index in [1.165, 1.54) is 55.9 Å². The Kier molecular flexibility index (Phi) is 16.2. The second-order valence-corrected chi connectivity index (χ2v) is 33.3. The molecule has 0 saturated heterocycles. The second kappa shape index (κ2) is 22.4. The normalized spacial score (nSPS) is 13.4. The molecule has 0 N–H and O–H groups in total. The highest BCUT2D eigenvalue weighted by molar-refractivity contribution is 6.11. The summed E-state index contributed by atoms with van der Waals surface area (Å²) in [4.78, 5) is 0. The lowest BCUT2D eigenvalue weighted by Crippen LogP contribution is -2.26. The van der Waals surface area contributed by atoms with Crippen molar-refractivity contribution in [3.05, 3.63) is 191 Å². The molecular formula is C82H98F2N2O2. The maximum Gasteiger partial charge on any atom is 0.131 e. The van der Waals surface area contributed by atoms with E-state index in [9.17, 15) is 0 Å².